The van der Waals surface area contributed by atoms with Crippen LogP contribution in [0.3, 0.4) is 0 Å². The molecule has 0 amide bonds. The number of hydrogen-bond acceptors (Lipinski definition) is 4. The summed E-state index contributed by atoms with van der Waals surface area (Å²) < 4.78 is 10.8. The number of rotatable bonds is 4. The highest BCUT2D eigenvalue weighted by Gasteiger charge is 2.23. The first kappa shape index (κ1) is 14.6. The molecule has 0 spiro atoms. The van der Waals surface area contributed by atoms with Gasteiger partial charge in [0, 0.05) is 25.3 Å². The molecule has 1 saturated carbocycles. The molecule has 2 unspecified atom stereocenters. The van der Waals surface area contributed by atoms with Crippen LogP contribution in [0, 0.1) is 0 Å². The van der Waals surface area contributed by atoms with Gasteiger partial charge in [-0.05, 0) is 43.0 Å². The van der Waals surface area contributed by atoms with Crippen molar-refractivity contribution in [3.63, 3.8) is 0 Å². The molecule has 0 saturated heterocycles. The Kier molecular flexibility index (Phi) is 5.18. The van der Waals surface area contributed by atoms with E-state index in [9.17, 15) is 4.79 Å². The first-order valence-electron chi connectivity index (χ1n) is 6.94. The smallest absolute Gasteiger partial charge is 0.331 e. The topological polar surface area (TPSA) is 61.5 Å². The van der Waals surface area contributed by atoms with Crippen molar-refractivity contribution in [1.82, 2.24) is 0 Å². The van der Waals surface area contributed by atoms with E-state index in [0.29, 0.717) is 5.69 Å². The maximum Gasteiger partial charge on any atom is 0.331 e. The van der Waals surface area contributed by atoms with Gasteiger partial charge in [0.25, 0.3) is 0 Å². The Morgan fingerprint density at radius 3 is 2.90 bits per heavy atom. The number of carbonyl (C=O) groups is 1. The number of nitrogen functional groups attached to an aromatic ring is 1. The molecule has 0 bridgehead atoms. The Hall–Kier alpha value is -1.81. The molecule has 4 heteroatoms. The summed E-state index contributed by atoms with van der Waals surface area (Å²) in [5, 5.41) is 0. The fourth-order valence-corrected chi connectivity index (χ4v) is 2.45. The van der Waals surface area contributed by atoms with Gasteiger partial charge in [-0.3, -0.25) is 0 Å². The van der Waals surface area contributed by atoms with Gasteiger partial charge in [0.2, 0.25) is 0 Å². The van der Waals surface area contributed by atoms with Gasteiger partial charge in [-0.25, -0.2) is 4.79 Å². The van der Waals surface area contributed by atoms with Gasteiger partial charge in [-0.2, -0.15) is 0 Å². The number of anilines is 1. The maximum absolute atomic E-state index is 11.8. The van der Waals surface area contributed by atoms with Crippen molar-refractivity contribution in [2.24, 2.45) is 0 Å². The van der Waals surface area contributed by atoms with E-state index in [2.05, 4.69) is 0 Å². The van der Waals surface area contributed by atoms with E-state index >= 15 is 0 Å². The first-order valence-corrected chi connectivity index (χ1v) is 6.94. The fraction of sp³-hybridized carbons (Fsp3) is 0.438. The molecule has 1 aliphatic rings. The lowest BCUT2D eigenvalue weighted by atomic mass is 9.95. The van der Waals surface area contributed by atoms with Gasteiger partial charge in [0.15, 0.2) is 0 Å². The van der Waals surface area contributed by atoms with Gasteiger partial charge in [0.05, 0.1) is 6.10 Å². The summed E-state index contributed by atoms with van der Waals surface area (Å²) in [5.74, 6) is -0.311. The molecular formula is C16H21NO3. The number of benzene rings is 1. The monoisotopic (exact) mass is 275 g/mol. The molecule has 1 aromatic rings. The van der Waals surface area contributed by atoms with Crippen LogP contribution in [-0.4, -0.2) is 25.3 Å². The standard InChI is InChI=1S/C16H21NO3/c1-19-14-6-3-7-15(11-14)20-16(18)9-8-12-4-2-5-13(17)10-12/h2,4-5,8-10,14-15H,3,6-7,11,17H2,1H3/b9-8+. The minimum Gasteiger partial charge on any atom is -0.459 e. The SMILES string of the molecule is COC1CCCC(OC(=O)/C=C/c2cccc(N)c2)C1. The molecule has 2 atom stereocenters. The molecule has 20 heavy (non-hydrogen) atoms. The molecule has 0 aromatic heterocycles. The van der Waals surface area contributed by atoms with Gasteiger partial charge in [0.1, 0.15) is 6.10 Å². The third-order valence-corrected chi connectivity index (χ3v) is 3.52. The fourth-order valence-electron chi connectivity index (χ4n) is 2.45. The van der Waals surface area contributed by atoms with E-state index in [1.54, 1.807) is 13.2 Å². The molecule has 0 aliphatic heterocycles. The zero-order chi connectivity index (χ0) is 14.4. The largest absolute Gasteiger partial charge is 0.459 e. The second-order valence-electron chi connectivity index (χ2n) is 5.09. The average Bonchev–Trinajstić information content (AvgIpc) is 2.45. The number of carbonyl (C=O) groups excluding carboxylic acids is 1. The summed E-state index contributed by atoms with van der Waals surface area (Å²) in [6.07, 6.45) is 7.12. The van der Waals surface area contributed by atoms with Crippen molar-refractivity contribution in [3.05, 3.63) is 35.9 Å². The van der Waals surface area contributed by atoms with E-state index in [0.717, 1.165) is 31.2 Å². The Balaban J connectivity index is 1.86. The van der Waals surface area contributed by atoms with Crippen LogP contribution in [0.15, 0.2) is 30.3 Å². The lowest BCUT2D eigenvalue weighted by molar-refractivity contribution is -0.146. The summed E-state index contributed by atoms with van der Waals surface area (Å²) in [5.41, 5.74) is 7.25. The zero-order valence-corrected chi connectivity index (χ0v) is 11.7. The van der Waals surface area contributed by atoms with Crippen LogP contribution in [0.1, 0.15) is 31.2 Å². The predicted molar refractivity (Wildman–Crippen MR) is 79.0 cm³/mol. The third-order valence-electron chi connectivity index (χ3n) is 3.52. The molecule has 0 heterocycles. The minimum atomic E-state index is -0.311. The lowest BCUT2D eigenvalue weighted by Crippen LogP contribution is -2.28. The number of nitrogens with two attached hydrogens (primary N) is 1. The van der Waals surface area contributed by atoms with Crippen LogP contribution in [0.5, 0.6) is 0 Å². The highest BCUT2D eigenvalue weighted by molar-refractivity contribution is 5.87. The predicted octanol–water partition coefficient (Wildman–Crippen LogP) is 2.78. The molecule has 0 radical (unpaired) electrons. The summed E-state index contributed by atoms with van der Waals surface area (Å²) in [6.45, 7) is 0. The first-order chi connectivity index (χ1) is 9.67. The molecule has 1 fully saturated rings. The maximum atomic E-state index is 11.8. The molecule has 1 aromatic carbocycles. The zero-order valence-electron chi connectivity index (χ0n) is 11.7. The van der Waals surface area contributed by atoms with Crippen molar-refractivity contribution in [1.29, 1.82) is 0 Å². The van der Waals surface area contributed by atoms with E-state index in [1.165, 1.54) is 6.08 Å². The van der Waals surface area contributed by atoms with Crippen LogP contribution in [-0.2, 0) is 14.3 Å². The molecule has 4 nitrogen and oxygen atoms in total. The van der Waals surface area contributed by atoms with Crippen molar-refractivity contribution < 1.29 is 14.3 Å². The van der Waals surface area contributed by atoms with Crippen LogP contribution in [0.25, 0.3) is 6.08 Å². The van der Waals surface area contributed by atoms with Crippen molar-refractivity contribution in [2.45, 2.75) is 37.9 Å². The van der Waals surface area contributed by atoms with Gasteiger partial charge >= 0.3 is 5.97 Å². The second-order valence-corrected chi connectivity index (χ2v) is 5.09. The van der Waals surface area contributed by atoms with Crippen LogP contribution < -0.4 is 5.73 Å². The van der Waals surface area contributed by atoms with E-state index < -0.39 is 0 Å². The molecule has 1 aliphatic carbocycles. The van der Waals surface area contributed by atoms with Crippen molar-refractivity contribution in [3.8, 4) is 0 Å². The Morgan fingerprint density at radius 2 is 2.15 bits per heavy atom. The normalized spacial score (nSPS) is 22.9. The van der Waals surface area contributed by atoms with E-state index in [-0.39, 0.29) is 18.2 Å². The minimum absolute atomic E-state index is 0.0355. The molecular weight excluding hydrogens is 254 g/mol. The quantitative estimate of drug-likeness (QED) is 0.521. The number of hydrogen-bond donors (Lipinski definition) is 1. The molecule has 108 valence electrons. The van der Waals surface area contributed by atoms with Crippen LogP contribution in [0.4, 0.5) is 5.69 Å². The van der Waals surface area contributed by atoms with E-state index in [1.807, 2.05) is 24.3 Å². The van der Waals surface area contributed by atoms with Crippen molar-refractivity contribution >= 4 is 17.7 Å². The van der Waals surface area contributed by atoms with Gasteiger partial charge in [-0.1, -0.05) is 12.1 Å². The average molecular weight is 275 g/mol. The van der Waals surface area contributed by atoms with E-state index in [4.69, 9.17) is 15.2 Å². The Bertz CT molecular complexity index is 484. The van der Waals surface area contributed by atoms with Crippen LogP contribution in [0.2, 0.25) is 0 Å². The molecule has 2 rings (SSSR count). The highest BCUT2D eigenvalue weighted by Crippen LogP contribution is 2.23. The highest BCUT2D eigenvalue weighted by atomic mass is 16.5. The Labute approximate surface area is 119 Å². The number of ether oxygens (including phenoxy) is 2. The summed E-state index contributed by atoms with van der Waals surface area (Å²) in [4.78, 5) is 11.8. The lowest BCUT2D eigenvalue weighted by Gasteiger charge is -2.27. The molecule has 2 N–H and O–H groups in total. The Morgan fingerprint density at radius 1 is 1.35 bits per heavy atom. The number of methoxy groups -OCH3 is 1. The van der Waals surface area contributed by atoms with Crippen molar-refractivity contribution in [2.75, 3.05) is 12.8 Å². The summed E-state index contributed by atoms with van der Waals surface area (Å²) in [7, 11) is 1.70. The van der Waals surface area contributed by atoms with Gasteiger partial charge in [-0.15, -0.1) is 0 Å². The summed E-state index contributed by atoms with van der Waals surface area (Å²) in [6, 6.07) is 7.36. The van der Waals surface area contributed by atoms with Gasteiger partial charge < -0.3 is 15.2 Å². The number of esters is 1. The summed E-state index contributed by atoms with van der Waals surface area (Å²) >= 11 is 0. The van der Waals surface area contributed by atoms with Crippen LogP contribution >= 0.6 is 0 Å². The third kappa shape index (κ3) is 4.38. The second kappa shape index (κ2) is 7.10.